The van der Waals surface area contributed by atoms with E-state index in [0.717, 1.165) is 19.3 Å². The second kappa shape index (κ2) is 5.13. The monoisotopic (exact) mass is 275 g/mol. The van der Waals surface area contributed by atoms with Crippen molar-refractivity contribution in [2.75, 3.05) is 12.4 Å². The van der Waals surface area contributed by atoms with Crippen molar-refractivity contribution in [3.05, 3.63) is 30.1 Å². The minimum absolute atomic E-state index is 0.182. The number of hydrogen-bond donors (Lipinski definition) is 2. The molecule has 20 heavy (non-hydrogen) atoms. The van der Waals surface area contributed by atoms with Gasteiger partial charge in [0.15, 0.2) is 11.5 Å². The average molecular weight is 275 g/mol. The summed E-state index contributed by atoms with van der Waals surface area (Å²) in [7, 11) is 1.71. The number of carboxylic acids is 1. The molecule has 0 aromatic carbocycles. The lowest BCUT2D eigenvalue weighted by Gasteiger charge is -2.12. The van der Waals surface area contributed by atoms with Gasteiger partial charge in [-0.25, -0.2) is 9.78 Å². The third-order valence-electron chi connectivity index (χ3n) is 3.79. The Morgan fingerprint density at radius 3 is 3.05 bits per heavy atom. The van der Waals surface area contributed by atoms with Crippen molar-refractivity contribution in [3.8, 4) is 0 Å². The van der Waals surface area contributed by atoms with E-state index in [1.165, 1.54) is 0 Å². The van der Waals surface area contributed by atoms with Gasteiger partial charge < -0.3 is 15.2 Å². The van der Waals surface area contributed by atoms with Gasteiger partial charge in [0.2, 0.25) is 0 Å². The van der Waals surface area contributed by atoms with Crippen LogP contribution in [0.4, 0.5) is 5.82 Å². The fourth-order valence-electron chi connectivity index (χ4n) is 2.78. The number of methoxy groups -OCH3 is 1. The molecule has 106 valence electrons. The van der Waals surface area contributed by atoms with Crippen LogP contribution in [-0.4, -0.2) is 39.7 Å². The molecule has 0 spiro atoms. The molecule has 3 rings (SSSR count). The maximum absolute atomic E-state index is 11.5. The average Bonchev–Trinajstić information content (AvgIpc) is 3.02. The number of anilines is 1. The van der Waals surface area contributed by atoms with Crippen LogP contribution in [0.15, 0.2) is 24.4 Å². The van der Waals surface area contributed by atoms with Crippen LogP contribution in [0.5, 0.6) is 0 Å². The van der Waals surface area contributed by atoms with Crippen LogP contribution in [0.25, 0.3) is 5.65 Å². The fraction of sp³-hybridized carbons (Fsp3) is 0.429. The molecule has 2 atom stereocenters. The zero-order chi connectivity index (χ0) is 14.1. The maximum atomic E-state index is 11.5. The van der Waals surface area contributed by atoms with E-state index in [0.29, 0.717) is 11.5 Å². The summed E-state index contributed by atoms with van der Waals surface area (Å²) < 4.78 is 6.92. The van der Waals surface area contributed by atoms with Crippen LogP contribution in [0.3, 0.4) is 0 Å². The highest BCUT2D eigenvalue weighted by Crippen LogP contribution is 2.26. The van der Waals surface area contributed by atoms with Gasteiger partial charge in [0, 0.05) is 19.3 Å². The Labute approximate surface area is 116 Å². The smallest absolute Gasteiger partial charge is 0.356 e. The number of imidazole rings is 1. The lowest BCUT2D eigenvalue weighted by molar-refractivity contribution is 0.0690. The second-order valence-electron chi connectivity index (χ2n) is 5.06. The number of aromatic nitrogens is 2. The van der Waals surface area contributed by atoms with Crippen molar-refractivity contribution in [2.24, 2.45) is 0 Å². The van der Waals surface area contributed by atoms with Crippen LogP contribution in [0, 0.1) is 0 Å². The van der Waals surface area contributed by atoms with E-state index < -0.39 is 5.97 Å². The maximum Gasteiger partial charge on any atom is 0.356 e. The number of ether oxygens (including phenoxy) is 1. The molecule has 0 amide bonds. The zero-order valence-corrected chi connectivity index (χ0v) is 11.2. The number of nitrogens with one attached hydrogen (secondary N) is 1. The Morgan fingerprint density at radius 2 is 2.35 bits per heavy atom. The normalized spacial score (nSPS) is 22.2. The van der Waals surface area contributed by atoms with Gasteiger partial charge in [-0.15, -0.1) is 0 Å². The molecule has 0 bridgehead atoms. The van der Waals surface area contributed by atoms with Gasteiger partial charge in [0.05, 0.1) is 6.10 Å². The van der Waals surface area contributed by atoms with Gasteiger partial charge in [-0.1, -0.05) is 6.07 Å². The number of aromatic carboxylic acids is 1. The molecule has 2 aromatic heterocycles. The van der Waals surface area contributed by atoms with Gasteiger partial charge in [0.1, 0.15) is 5.65 Å². The summed E-state index contributed by atoms with van der Waals surface area (Å²) >= 11 is 0. The molecule has 2 unspecified atom stereocenters. The first-order valence-corrected chi connectivity index (χ1v) is 6.68. The van der Waals surface area contributed by atoms with Crippen molar-refractivity contribution in [1.29, 1.82) is 0 Å². The van der Waals surface area contributed by atoms with Crippen LogP contribution in [0.1, 0.15) is 29.8 Å². The number of pyridine rings is 1. The van der Waals surface area contributed by atoms with Gasteiger partial charge in [-0.2, -0.15) is 0 Å². The number of fused-ring (bicyclic) bond motifs is 1. The van der Waals surface area contributed by atoms with Crippen molar-refractivity contribution in [2.45, 2.75) is 31.4 Å². The Kier molecular flexibility index (Phi) is 3.31. The Hall–Kier alpha value is -2.08. The van der Waals surface area contributed by atoms with E-state index in [1.807, 2.05) is 6.07 Å². The molecule has 6 nitrogen and oxygen atoms in total. The van der Waals surface area contributed by atoms with Gasteiger partial charge in [0.25, 0.3) is 0 Å². The summed E-state index contributed by atoms with van der Waals surface area (Å²) in [6.07, 6.45) is 4.79. The van der Waals surface area contributed by atoms with E-state index in [4.69, 9.17) is 4.74 Å². The molecule has 1 fully saturated rings. The number of rotatable bonds is 4. The summed E-state index contributed by atoms with van der Waals surface area (Å²) in [6, 6.07) is 5.64. The predicted molar refractivity (Wildman–Crippen MR) is 74.2 cm³/mol. The molecule has 0 saturated heterocycles. The lowest BCUT2D eigenvalue weighted by atomic mass is 10.2. The van der Waals surface area contributed by atoms with E-state index >= 15 is 0 Å². The molecule has 2 heterocycles. The molecule has 0 aliphatic heterocycles. The topological polar surface area (TPSA) is 75.9 Å². The number of hydrogen-bond acceptors (Lipinski definition) is 4. The summed E-state index contributed by atoms with van der Waals surface area (Å²) in [4.78, 5) is 15.8. The molecule has 2 N–H and O–H groups in total. The number of carboxylic acid groups (broad SMARTS) is 1. The van der Waals surface area contributed by atoms with Crippen LogP contribution in [-0.2, 0) is 4.74 Å². The van der Waals surface area contributed by atoms with E-state index in [2.05, 4.69) is 10.3 Å². The molecule has 1 saturated carbocycles. The molecular weight excluding hydrogens is 258 g/mol. The van der Waals surface area contributed by atoms with Crippen molar-refractivity contribution in [3.63, 3.8) is 0 Å². The Bertz CT molecular complexity index is 638. The summed E-state index contributed by atoms with van der Waals surface area (Å²) in [5.41, 5.74) is 0.815. The molecular formula is C14H17N3O3. The molecule has 1 aliphatic rings. The molecule has 0 radical (unpaired) electrons. The lowest BCUT2D eigenvalue weighted by Crippen LogP contribution is -2.19. The largest absolute Gasteiger partial charge is 0.476 e. The van der Waals surface area contributed by atoms with E-state index in [9.17, 15) is 9.90 Å². The quantitative estimate of drug-likeness (QED) is 0.892. The van der Waals surface area contributed by atoms with Crippen molar-refractivity contribution < 1.29 is 14.6 Å². The van der Waals surface area contributed by atoms with E-state index in [1.54, 1.807) is 29.8 Å². The highest BCUT2D eigenvalue weighted by molar-refractivity contribution is 5.93. The zero-order valence-electron chi connectivity index (χ0n) is 11.2. The van der Waals surface area contributed by atoms with Crippen molar-refractivity contribution >= 4 is 17.4 Å². The van der Waals surface area contributed by atoms with Gasteiger partial charge in [-0.05, 0) is 31.4 Å². The Morgan fingerprint density at radius 1 is 1.50 bits per heavy atom. The summed E-state index contributed by atoms with van der Waals surface area (Å²) in [5, 5.41) is 12.7. The first kappa shape index (κ1) is 12.9. The van der Waals surface area contributed by atoms with Crippen LogP contribution >= 0.6 is 0 Å². The highest BCUT2D eigenvalue weighted by atomic mass is 16.5. The summed E-state index contributed by atoms with van der Waals surface area (Å²) in [6.45, 7) is 0. The standard InChI is InChI=1S/C14H17N3O3/c1-20-10-6-5-9(8-10)15-13-12(14(18)19)17-7-3-2-4-11(17)16-13/h2-4,7,9-10,15H,5-6,8H2,1H3,(H,18,19). The first-order chi connectivity index (χ1) is 9.69. The molecule has 6 heteroatoms. The minimum atomic E-state index is -0.979. The predicted octanol–water partition coefficient (Wildman–Crippen LogP) is 2.01. The van der Waals surface area contributed by atoms with E-state index in [-0.39, 0.29) is 17.8 Å². The third kappa shape index (κ3) is 2.22. The number of nitrogens with zero attached hydrogens (tertiary/aromatic N) is 2. The van der Waals surface area contributed by atoms with Crippen molar-refractivity contribution in [1.82, 2.24) is 9.38 Å². The summed E-state index contributed by atoms with van der Waals surface area (Å²) in [5.74, 6) is -0.544. The Balaban J connectivity index is 1.91. The molecule has 1 aliphatic carbocycles. The minimum Gasteiger partial charge on any atom is -0.476 e. The first-order valence-electron chi connectivity index (χ1n) is 6.68. The third-order valence-corrected chi connectivity index (χ3v) is 3.79. The van der Waals surface area contributed by atoms with Crippen LogP contribution in [0.2, 0.25) is 0 Å². The number of carbonyl (C=O) groups is 1. The fourth-order valence-corrected chi connectivity index (χ4v) is 2.78. The van der Waals surface area contributed by atoms with Crippen LogP contribution < -0.4 is 5.32 Å². The SMILES string of the molecule is COC1CCC(Nc2nc3ccccn3c2C(=O)O)C1. The highest BCUT2D eigenvalue weighted by Gasteiger charge is 2.27. The van der Waals surface area contributed by atoms with Gasteiger partial charge >= 0.3 is 5.97 Å². The second-order valence-corrected chi connectivity index (χ2v) is 5.06. The molecule has 2 aromatic rings. The van der Waals surface area contributed by atoms with Gasteiger partial charge in [-0.3, -0.25) is 4.40 Å².